The molecule has 0 amide bonds. The van der Waals surface area contributed by atoms with Gasteiger partial charge in [-0.1, -0.05) is 0 Å². The number of quaternary nitrogens is 1. The van der Waals surface area contributed by atoms with Gasteiger partial charge >= 0.3 is 12.4 Å². The number of alkyl halides is 6. The smallest absolute Gasteiger partial charge is 0.339 e. The Morgan fingerprint density at radius 2 is 1.39 bits per heavy atom. The minimum Gasteiger partial charge on any atom is -0.339 e. The zero-order valence-electron chi connectivity index (χ0n) is 12.1. The average molecular weight is 365 g/mol. The zero-order chi connectivity index (χ0) is 18.1. The second-order valence-electron chi connectivity index (χ2n) is 5.10. The summed E-state index contributed by atoms with van der Waals surface area (Å²) in [6, 6.07) is 0.239. The van der Waals surface area contributed by atoms with E-state index in [0.29, 0.717) is 6.54 Å². The lowest BCUT2D eigenvalue weighted by Gasteiger charge is -2.15. The van der Waals surface area contributed by atoms with Crippen LogP contribution in [0.2, 0.25) is 0 Å². The van der Waals surface area contributed by atoms with Gasteiger partial charge in [-0.2, -0.15) is 26.3 Å². The maximum Gasteiger partial charge on any atom is 0.416 e. The minimum atomic E-state index is -5.10. The first kappa shape index (κ1) is 19.7. The Kier molecular flexibility index (Phi) is 5.70. The van der Waals surface area contributed by atoms with Crippen molar-refractivity contribution in [1.29, 1.82) is 0 Å². The summed E-state index contributed by atoms with van der Waals surface area (Å²) in [5, 5.41) is 0. The first-order valence-electron chi connectivity index (χ1n) is 6.31. The highest BCUT2D eigenvalue weighted by molar-refractivity contribution is 7.89. The molecule has 2 N–H and O–H groups in total. The molecule has 1 aromatic carbocycles. The highest BCUT2D eigenvalue weighted by Crippen LogP contribution is 2.37. The fourth-order valence-corrected chi connectivity index (χ4v) is 2.70. The molecule has 11 heteroatoms. The van der Waals surface area contributed by atoms with Gasteiger partial charge in [0.05, 0.1) is 43.2 Å². The van der Waals surface area contributed by atoms with Crippen LogP contribution in [-0.2, 0) is 22.4 Å². The lowest BCUT2D eigenvalue weighted by atomic mass is 10.1. The molecule has 132 valence electrons. The molecule has 0 spiro atoms. The Morgan fingerprint density at radius 3 is 1.74 bits per heavy atom. The third-order valence-corrected chi connectivity index (χ3v) is 4.23. The maximum atomic E-state index is 12.7. The molecule has 0 atom stereocenters. The number of likely N-dealkylation sites (N-methyl/N-ethyl adjacent to an activating group) is 1. The molecule has 0 bridgehead atoms. The van der Waals surface area contributed by atoms with Crippen LogP contribution in [0.3, 0.4) is 0 Å². The van der Waals surface area contributed by atoms with Gasteiger partial charge in [-0.05, 0) is 18.2 Å². The zero-order valence-corrected chi connectivity index (χ0v) is 13.0. The molecule has 0 aliphatic rings. The predicted octanol–water partition coefficient (Wildman–Crippen LogP) is 1.15. The van der Waals surface area contributed by atoms with Crippen molar-refractivity contribution in [1.82, 2.24) is 4.72 Å². The van der Waals surface area contributed by atoms with Crippen molar-refractivity contribution >= 4 is 10.0 Å². The first-order valence-corrected chi connectivity index (χ1v) is 7.80. The average Bonchev–Trinajstić information content (AvgIpc) is 2.35. The van der Waals surface area contributed by atoms with E-state index in [1.165, 1.54) is 0 Å². The van der Waals surface area contributed by atoms with Gasteiger partial charge < -0.3 is 4.90 Å². The first-order chi connectivity index (χ1) is 10.2. The molecule has 0 aromatic heterocycles. The normalized spacial score (nSPS) is 13.6. The standard InChI is InChI=1S/C12H14F6N2O2S/c1-20(2)4-3-19-23(21,22)10-6-8(11(13,14)15)5-9(7-10)12(16,17)18/h5-7,19H,3-4H2,1-2H3/p+1. The number of hydrogen-bond donors (Lipinski definition) is 2. The fraction of sp³-hybridized carbons (Fsp3) is 0.500. The Morgan fingerprint density at radius 1 is 0.957 bits per heavy atom. The van der Waals surface area contributed by atoms with E-state index < -0.39 is 38.4 Å². The van der Waals surface area contributed by atoms with E-state index in [4.69, 9.17) is 0 Å². The Bertz CT molecular complexity index is 620. The van der Waals surface area contributed by atoms with Crippen LogP contribution in [0.4, 0.5) is 26.3 Å². The van der Waals surface area contributed by atoms with Crippen LogP contribution in [0.15, 0.2) is 23.1 Å². The second kappa shape index (κ2) is 6.65. The van der Waals surface area contributed by atoms with Gasteiger partial charge in [-0.25, -0.2) is 13.1 Å². The van der Waals surface area contributed by atoms with E-state index in [0.717, 1.165) is 4.90 Å². The van der Waals surface area contributed by atoms with E-state index >= 15 is 0 Å². The predicted molar refractivity (Wildman–Crippen MR) is 69.3 cm³/mol. The Balaban J connectivity index is 3.29. The van der Waals surface area contributed by atoms with Gasteiger partial charge in [0, 0.05) is 0 Å². The molecule has 0 heterocycles. The van der Waals surface area contributed by atoms with Crippen LogP contribution in [0.1, 0.15) is 11.1 Å². The van der Waals surface area contributed by atoms with Crippen molar-refractivity contribution in [2.75, 3.05) is 27.2 Å². The van der Waals surface area contributed by atoms with Crippen LogP contribution < -0.4 is 9.62 Å². The lowest BCUT2D eigenvalue weighted by Crippen LogP contribution is -3.06. The summed E-state index contributed by atoms with van der Waals surface area (Å²) >= 11 is 0. The molecule has 1 aromatic rings. The van der Waals surface area contributed by atoms with Crippen molar-refractivity contribution < 1.29 is 39.7 Å². The summed E-state index contributed by atoms with van der Waals surface area (Å²) in [5.41, 5.74) is -3.35. The van der Waals surface area contributed by atoms with Gasteiger partial charge in [0.15, 0.2) is 0 Å². The molecule has 4 nitrogen and oxygen atoms in total. The summed E-state index contributed by atoms with van der Waals surface area (Å²) < 4.78 is 102. The van der Waals surface area contributed by atoms with Crippen molar-refractivity contribution in [2.24, 2.45) is 0 Å². The second-order valence-corrected chi connectivity index (χ2v) is 6.86. The van der Waals surface area contributed by atoms with Gasteiger partial charge in [-0.3, -0.25) is 0 Å². The molecular weight excluding hydrogens is 350 g/mol. The lowest BCUT2D eigenvalue weighted by molar-refractivity contribution is -0.856. The number of hydrogen-bond acceptors (Lipinski definition) is 2. The molecule has 0 fully saturated rings. The van der Waals surface area contributed by atoms with E-state index in [2.05, 4.69) is 0 Å². The number of halogens is 6. The van der Waals surface area contributed by atoms with Gasteiger partial charge in [0.1, 0.15) is 0 Å². The highest BCUT2D eigenvalue weighted by Gasteiger charge is 2.38. The van der Waals surface area contributed by atoms with E-state index in [1.54, 1.807) is 14.1 Å². The van der Waals surface area contributed by atoms with Crippen molar-refractivity contribution in [3.05, 3.63) is 29.3 Å². The van der Waals surface area contributed by atoms with Crippen LogP contribution in [0.5, 0.6) is 0 Å². The Hall–Kier alpha value is -1.33. The van der Waals surface area contributed by atoms with E-state index in [9.17, 15) is 34.8 Å². The molecule has 23 heavy (non-hydrogen) atoms. The van der Waals surface area contributed by atoms with Crippen LogP contribution >= 0.6 is 0 Å². The van der Waals surface area contributed by atoms with Gasteiger partial charge in [0.25, 0.3) is 0 Å². The molecule has 0 radical (unpaired) electrons. The summed E-state index contributed by atoms with van der Waals surface area (Å²) in [6.07, 6.45) is -10.2. The van der Waals surface area contributed by atoms with Crippen LogP contribution in [-0.4, -0.2) is 35.6 Å². The van der Waals surface area contributed by atoms with E-state index in [-0.39, 0.29) is 24.7 Å². The summed E-state index contributed by atoms with van der Waals surface area (Å²) in [4.78, 5) is -0.221. The summed E-state index contributed by atoms with van der Waals surface area (Å²) in [7, 11) is -1.07. The SMILES string of the molecule is C[NH+](C)CCNS(=O)(=O)c1cc(C(F)(F)F)cc(C(F)(F)F)c1. The molecule has 0 saturated carbocycles. The summed E-state index contributed by atoms with van der Waals surface area (Å²) in [5.74, 6) is 0. The van der Waals surface area contributed by atoms with Crippen molar-refractivity contribution in [3.8, 4) is 0 Å². The number of nitrogens with one attached hydrogen (secondary N) is 2. The van der Waals surface area contributed by atoms with E-state index in [1.807, 2.05) is 4.72 Å². The third kappa shape index (κ3) is 5.66. The molecule has 1 rings (SSSR count). The number of sulfonamides is 1. The summed E-state index contributed by atoms with van der Waals surface area (Å²) in [6.45, 7) is 0.187. The van der Waals surface area contributed by atoms with Crippen molar-refractivity contribution in [2.45, 2.75) is 17.2 Å². The molecular formula is C12H15F6N2O2S+. The number of rotatable bonds is 5. The Labute approximate surface area is 129 Å². The van der Waals surface area contributed by atoms with Gasteiger partial charge in [-0.15, -0.1) is 0 Å². The maximum absolute atomic E-state index is 12.7. The quantitative estimate of drug-likeness (QED) is 0.770. The molecule has 0 saturated heterocycles. The molecule has 0 aliphatic carbocycles. The third-order valence-electron chi connectivity index (χ3n) is 2.79. The topological polar surface area (TPSA) is 50.6 Å². The van der Waals surface area contributed by atoms with Crippen LogP contribution in [0.25, 0.3) is 0 Å². The van der Waals surface area contributed by atoms with Gasteiger partial charge in [0.2, 0.25) is 10.0 Å². The number of benzene rings is 1. The fourth-order valence-electron chi connectivity index (χ4n) is 1.60. The van der Waals surface area contributed by atoms with Crippen LogP contribution in [0, 0.1) is 0 Å². The van der Waals surface area contributed by atoms with Crippen molar-refractivity contribution in [3.63, 3.8) is 0 Å². The highest BCUT2D eigenvalue weighted by atomic mass is 32.2. The molecule has 0 unspecified atom stereocenters. The largest absolute Gasteiger partial charge is 0.416 e. The molecule has 0 aliphatic heterocycles. The minimum absolute atomic E-state index is 0.122. The monoisotopic (exact) mass is 365 g/mol.